The lowest BCUT2D eigenvalue weighted by Gasteiger charge is -2.20. The standard InChI is InChI=1S/C16H24N2O2/c1-12(11-20-2)16(19)18-9-14(8-17)15(10-18)13-6-4-3-5-7-13/h3-7,12,14-15H,8-11,17H2,1-2H3/t12?,14-,15+/m1/s1. The number of amides is 1. The summed E-state index contributed by atoms with van der Waals surface area (Å²) in [4.78, 5) is 14.3. The molecule has 1 aromatic rings. The summed E-state index contributed by atoms with van der Waals surface area (Å²) >= 11 is 0. The summed E-state index contributed by atoms with van der Waals surface area (Å²) in [6.07, 6.45) is 0. The summed E-state index contributed by atoms with van der Waals surface area (Å²) in [7, 11) is 1.63. The molecular weight excluding hydrogens is 252 g/mol. The lowest BCUT2D eigenvalue weighted by Crippen LogP contribution is -2.35. The lowest BCUT2D eigenvalue weighted by molar-refractivity contribution is -0.135. The maximum atomic E-state index is 12.4. The van der Waals surface area contributed by atoms with Gasteiger partial charge in [-0.2, -0.15) is 0 Å². The van der Waals surface area contributed by atoms with Crippen molar-refractivity contribution in [3.05, 3.63) is 35.9 Å². The Morgan fingerprint density at radius 1 is 1.40 bits per heavy atom. The number of carbonyl (C=O) groups excluding carboxylic acids is 1. The van der Waals surface area contributed by atoms with E-state index in [1.807, 2.05) is 30.0 Å². The fourth-order valence-electron chi connectivity index (χ4n) is 3.00. The molecule has 4 nitrogen and oxygen atoms in total. The molecule has 1 saturated heterocycles. The lowest BCUT2D eigenvalue weighted by atomic mass is 9.89. The Morgan fingerprint density at radius 3 is 2.70 bits per heavy atom. The van der Waals surface area contributed by atoms with Crippen molar-refractivity contribution in [2.24, 2.45) is 17.6 Å². The normalized spacial score (nSPS) is 23.9. The van der Waals surface area contributed by atoms with Crippen molar-refractivity contribution in [3.63, 3.8) is 0 Å². The molecule has 110 valence electrons. The Hall–Kier alpha value is -1.39. The molecular formula is C16H24N2O2. The van der Waals surface area contributed by atoms with Crippen LogP contribution in [0.3, 0.4) is 0 Å². The molecule has 0 bridgehead atoms. The molecule has 2 N–H and O–H groups in total. The van der Waals surface area contributed by atoms with E-state index in [1.54, 1.807) is 7.11 Å². The van der Waals surface area contributed by atoms with Gasteiger partial charge in [0.05, 0.1) is 12.5 Å². The van der Waals surface area contributed by atoms with Crippen molar-refractivity contribution >= 4 is 5.91 Å². The molecule has 20 heavy (non-hydrogen) atoms. The highest BCUT2D eigenvalue weighted by molar-refractivity contribution is 5.79. The van der Waals surface area contributed by atoms with E-state index in [4.69, 9.17) is 10.5 Å². The third-order valence-corrected chi connectivity index (χ3v) is 4.12. The second-order valence-electron chi connectivity index (χ2n) is 5.61. The van der Waals surface area contributed by atoms with E-state index < -0.39 is 0 Å². The predicted molar refractivity (Wildman–Crippen MR) is 79.3 cm³/mol. The van der Waals surface area contributed by atoms with Crippen LogP contribution in [0.15, 0.2) is 30.3 Å². The summed E-state index contributed by atoms with van der Waals surface area (Å²) < 4.78 is 5.08. The van der Waals surface area contributed by atoms with Gasteiger partial charge in [-0.3, -0.25) is 4.79 Å². The Labute approximate surface area is 120 Å². The summed E-state index contributed by atoms with van der Waals surface area (Å²) in [6.45, 7) is 4.52. The number of ether oxygens (including phenoxy) is 1. The first-order valence-corrected chi connectivity index (χ1v) is 7.20. The van der Waals surface area contributed by atoms with E-state index in [0.717, 1.165) is 13.1 Å². The van der Waals surface area contributed by atoms with E-state index >= 15 is 0 Å². The van der Waals surface area contributed by atoms with Gasteiger partial charge < -0.3 is 15.4 Å². The molecule has 1 unspecified atom stereocenters. The summed E-state index contributed by atoms with van der Waals surface area (Å²) in [5, 5.41) is 0. The van der Waals surface area contributed by atoms with Crippen molar-refractivity contribution in [2.45, 2.75) is 12.8 Å². The number of rotatable bonds is 5. The van der Waals surface area contributed by atoms with Gasteiger partial charge in [0.1, 0.15) is 0 Å². The van der Waals surface area contributed by atoms with Gasteiger partial charge in [-0.15, -0.1) is 0 Å². The van der Waals surface area contributed by atoms with E-state index in [-0.39, 0.29) is 11.8 Å². The van der Waals surface area contributed by atoms with Gasteiger partial charge >= 0.3 is 0 Å². The number of methoxy groups -OCH3 is 1. The topological polar surface area (TPSA) is 55.6 Å². The van der Waals surface area contributed by atoms with Crippen molar-refractivity contribution in [1.82, 2.24) is 4.90 Å². The third kappa shape index (κ3) is 3.19. The molecule has 1 amide bonds. The molecule has 4 heteroatoms. The minimum atomic E-state index is -0.0899. The molecule has 0 spiro atoms. The van der Waals surface area contributed by atoms with Crippen LogP contribution in [0.5, 0.6) is 0 Å². The highest BCUT2D eigenvalue weighted by atomic mass is 16.5. The average molecular weight is 276 g/mol. The maximum Gasteiger partial charge on any atom is 0.227 e. The highest BCUT2D eigenvalue weighted by Crippen LogP contribution is 2.32. The zero-order valence-electron chi connectivity index (χ0n) is 12.3. The number of nitrogens with two attached hydrogens (primary N) is 1. The van der Waals surface area contributed by atoms with Gasteiger partial charge in [0.15, 0.2) is 0 Å². The first kappa shape index (κ1) is 15.0. The molecule has 0 saturated carbocycles. The van der Waals surface area contributed by atoms with Crippen LogP contribution in [0.2, 0.25) is 0 Å². The molecule has 3 atom stereocenters. The molecule has 2 rings (SSSR count). The van der Waals surface area contributed by atoms with Gasteiger partial charge in [0.25, 0.3) is 0 Å². The molecule has 0 aromatic heterocycles. The van der Waals surface area contributed by atoms with E-state index in [1.165, 1.54) is 5.56 Å². The average Bonchev–Trinajstić information content (AvgIpc) is 2.91. The molecule has 1 aliphatic rings. The SMILES string of the molecule is COCC(C)C(=O)N1C[C@@H](CN)[C@H](c2ccccc2)C1. The van der Waals surface area contributed by atoms with Gasteiger partial charge in [-0.1, -0.05) is 37.3 Å². The van der Waals surface area contributed by atoms with Crippen LogP contribution in [-0.2, 0) is 9.53 Å². The molecule has 1 fully saturated rings. The molecule has 1 aliphatic heterocycles. The first-order chi connectivity index (χ1) is 9.67. The fraction of sp³-hybridized carbons (Fsp3) is 0.562. The summed E-state index contributed by atoms with van der Waals surface area (Å²) in [6, 6.07) is 10.3. The number of hydrogen-bond donors (Lipinski definition) is 1. The van der Waals surface area contributed by atoms with Crippen molar-refractivity contribution in [2.75, 3.05) is 33.4 Å². The number of carbonyl (C=O) groups is 1. The van der Waals surface area contributed by atoms with Gasteiger partial charge in [0, 0.05) is 26.1 Å². The third-order valence-electron chi connectivity index (χ3n) is 4.12. The van der Waals surface area contributed by atoms with Crippen LogP contribution in [0, 0.1) is 11.8 Å². The Balaban J connectivity index is 2.08. The molecule has 1 heterocycles. The molecule has 0 radical (unpaired) electrons. The van der Waals surface area contributed by atoms with Gasteiger partial charge in [0.2, 0.25) is 5.91 Å². The van der Waals surface area contributed by atoms with Crippen LogP contribution in [0.1, 0.15) is 18.4 Å². The van der Waals surface area contributed by atoms with Gasteiger partial charge in [-0.25, -0.2) is 0 Å². The molecule has 0 aliphatic carbocycles. The summed E-state index contributed by atoms with van der Waals surface area (Å²) in [5.41, 5.74) is 7.17. The fourth-order valence-corrected chi connectivity index (χ4v) is 3.00. The predicted octanol–water partition coefficient (Wildman–Crippen LogP) is 1.47. The highest BCUT2D eigenvalue weighted by Gasteiger charge is 2.36. The minimum absolute atomic E-state index is 0.0899. The van der Waals surface area contributed by atoms with Crippen LogP contribution < -0.4 is 5.73 Å². The van der Waals surface area contributed by atoms with E-state index in [2.05, 4.69) is 12.1 Å². The Morgan fingerprint density at radius 2 is 2.10 bits per heavy atom. The van der Waals surface area contributed by atoms with Crippen LogP contribution in [0.25, 0.3) is 0 Å². The quantitative estimate of drug-likeness (QED) is 0.886. The minimum Gasteiger partial charge on any atom is -0.384 e. The number of nitrogens with zero attached hydrogens (tertiary/aromatic N) is 1. The van der Waals surface area contributed by atoms with Crippen molar-refractivity contribution in [3.8, 4) is 0 Å². The van der Waals surface area contributed by atoms with Gasteiger partial charge in [-0.05, 0) is 18.0 Å². The van der Waals surface area contributed by atoms with Crippen LogP contribution in [-0.4, -0.2) is 44.2 Å². The van der Waals surface area contributed by atoms with Crippen molar-refractivity contribution in [1.29, 1.82) is 0 Å². The van der Waals surface area contributed by atoms with Crippen molar-refractivity contribution < 1.29 is 9.53 Å². The van der Waals surface area contributed by atoms with E-state index in [0.29, 0.717) is 25.0 Å². The van der Waals surface area contributed by atoms with E-state index in [9.17, 15) is 4.79 Å². The monoisotopic (exact) mass is 276 g/mol. The Bertz CT molecular complexity index is 435. The second-order valence-corrected chi connectivity index (χ2v) is 5.61. The smallest absolute Gasteiger partial charge is 0.227 e. The number of benzene rings is 1. The van der Waals surface area contributed by atoms with Crippen LogP contribution >= 0.6 is 0 Å². The molecule has 1 aromatic carbocycles. The van der Waals surface area contributed by atoms with Crippen LogP contribution in [0.4, 0.5) is 0 Å². The first-order valence-electron chi connectivity index (χ1n) is 7.20. The zero-order chi connectivity index (χ0) is 14.5. The second kappa shape index (κ2) is 6.86. The maximum absolute atomic E-state index is 12.4. The number of hydrogen-bond acceptors (Lipinski definition) is 3. The Kier molecular flexibility index (Phi) is 5.15. The largest absolute Gasteiger partial charge is 0.384 e. The summed E-state index contributed by atoms with van der Waals surface area (Å²) in [5.74, 6) is 0.771. The zero-order valence-corrected chi connectivity index (χ0v) is 12.3. The number of likely N-dealkylation sites (tertiary alicyclic amines) is 1.